The molecule has 158 valence electrons. The third-order valence-electron chi connectivity index (χ3n) is 4.25. The second-order valence-corrected chi connectivity index (χ2v) is 8.17. The van der Waals surface area contributed by atoms with Crippen molar-refractivity contribution in [2.75, 3.05) is 34.1 Å². The van der Waals surface area contributed by atoms with Crippen LogP contribution < -0.4 is 9.47 Å². The van der Waals surface area contributed by atoms with Gasteiger partial charge in [-0.15, -0.1) is 10.2 Å². The molecule has 0 saturated heterocycles. The number of rotatable bonds is 7. The molecule has 0 fully saturated rings. The Morgan fingerprint density at radius 2 is 1.77 bits per heavy atom. The van der Waals surface area contributed by atoms with Crippen LogP contribution in [-0.2, 0) is 4.79 Å². The molecule has 1 heterocycles. The quantitative estimate of drug-likeness (QED) is 0.479. The van der Waals surface area contributed by atoms with E-state index in [0.717, 1.165) is 0 Å². The van der Waals surface area contributed by atoms with Crippen molar-refractivity contribution in [2.24, 2.45) is 0 Å². The average molecular weight is 467 g/mol. The second-order valence-electron chi connectivity index (χ2n) is 6.38. The summed E-state index contributed by atoms with van der Waals surface area (Å²) in [5.41, 5.74) is 1.37. The zero-order valence-electron chi connectivity index (χ0n) is 16.8. The molecule has 0 unspecified atom stereocenters. The van der Waals surface area contributed by atoms with Gasteiger partial charge >= 0.3 is 0 Å². The summed E-state index contributed by atoms with van der Waals surface area (Å²) in [4.78, 5) is 13.6. The van der Waals surface area contributed by atoms with Gasteiger partial charge in [-0.25, -0.2) is 0 Å². The van der Waals surface area contributed by atoms with E-state index in [1.54, 1.807) is 58.6 Å². The molecule has 0 aliphatic carbocycles. The van der Waals surface area contributed by atoms with Crippen molar-refractivity contribution in [2.45, 2.75) is 5.16 Å². The van der Waals surface area contributed by atoms with Crippen LogP contribution in [0.1, 0.15) is 0 Å². The molecular formula is C20H20Cl2N4O3S. The van der Waals surface area contributed by atoms with Crippen molar-refractivity contribution < 1.29 is 14.3 Å². The zero-order chi connectivity index (χ0) is 21.8. The van der Waals surface area contributed by atoms with E-state index in [0.29, 0.717) is 43.8 Å². The van der Waals surface area contributed by atoms with E-state index in [1.165, 1.54) is 16.7 Å². The highest BCUT2D eigenvalue weighted by atomic mass is 35.5. The second kappa shape index (κ2) is 9.59. The first kappa shape index (κ1) is 22.3. The van der Waals surface area contributed by atoms with Crippen LogP contribution in [0.15, 0.2) is 41.6 Å². The summed E-state index contributed by atoms with van der Waals surface area (Å²) in [5.74, 6) is 1.82. The molecule has 3 aromatic rings. The molecule has 30 heavy (non-hydrogen) atoms. The molecular weight excluding hydrogens is 447 g/mol. The molecule has 1 amide bonds. The van der Waals surface area contributed by atoms with E-state index in [1.807, 2.05) is 10.6 Å². The van der Waals surface area contributed by atoms with Crippen molar-refractivity contribution in [3.63, 3.8) is 0 Å². The molecule has 0 spiro atoms. The number of aromatic nitrogens is 3. The SMILES string of the molecule is COc1ccc(-n2c(SCC(=O)N(C)C)nnc2-c2cc(Cl)ccc2OC)cc1Cl. The zero-order valence-corrected chi connectivity index (χ0v) is 19.2. The van der Waals surface area contributed by atoms with Crippen molar-refractivity contribution >= 4 is 40.9 Å². The lowest BCUT2D eigenvalue weighted by atomic mass is 10.2. The molecule has 2 aromatic carbocycles. The molecule has 1 aromatic heterocycles. The summed E-state index contributed by atoms with van der Waals surface area (Å²) in [6, 6.07) is 10.6. The van der Waals surface area contributed by atoms with Gasteiger partial charge in [0.1, 0.15) is 11.5 Å². The van der Waals surface area contributed by atoms with Gasteiger partial charge in [0.05, 0.1) is 36.2 Å². The standard InChI is InChI=1S/C20H20Cl2N4O3S/c1-25(2)18(27)11-30-20-24-23-19(14-9-12(21)5-7-16(14)28-3)26(20)13-6-8-17(29-4)15(22)10-13/h5-10H,11H2,1-4H3. The number of hydrogen-bond acceptors (Lipinski definition) is 6. The molecule has 0 aliphatic rings. The molecule has 3 rings (SSSR count). The summed E-state index contributed by atoms with van der Waals surface area (Å²) in [7, 11) is 6.54. The average Bonchev–Trinajstić information content (AvgIpc) is 3.15. The van der Waals surface area contributed by atoms with E-state index in [-0.39, 0.29) is 11.7 Å². The number of carbonyl (C=O) groups excluding carboxylic acids is 1. The van der Waals surface area contributed by atoms with Crippen LogP contribution in [-0.4, -0.2) is 59.6 Å². The molecule has 0 saturated carbocycles. The van der Waals surface area contributed by atoms with Gasteiger partial charge in [-0.1, -0.05) is 35.0 Å². The van der Waals surface area contributed by atoms with Crippen LogP contribution in [0.2, 0.25) is 10.0 Å². The Kier molecular flexibility index (Phi) is 7.12. The summed E-state index contributed by atoms with van der Waals surface area (Å²) < 4.78 is 12.6. The van der Waals surface area contributed by atoms with Crippen LogP contribution in [0.25, 0.3) is 17.1 Å². The maximum atomic E-state index is 12.1. The summed E-state index contributed by atoms with van der Waals surface area (Å²) in [5, 5.41) is 10.2. The predicted molar refractivity (Wildman–Crippen MR) is 119 cm³/mol. The number of ether oxygens (including phenoxy) is 2. The number of halogens is 2. The van der Waals surface area contributed by atoms with Gasteiger partial charge in [-0.3, -0.25) is 9.36 Å². The number of thioether (sulfide) groups is 1. The lowest BCUT2D eigenvalue weighted by molar-refractivity contribution is -0.125. The minimum Gasteiger partial charge on any atom is -0.496 e. The summed E-state index contributed by atoms with van der Waals surface area (Å²) in [6.45, 7) is 0. The smallest absolute Gasteiger partial charge is 0.232 e. The Morgan fingerprint density at radius 1 is 1.07 bits per heavy atom. The Balaban J connectivity index is 2.15. The fourth-order valence-electron chi connectivity index (χ4n) is 2.68. The number of amides is 1. The summed E-state index contributed by atoms with van der Waals surface area (Å²) >= 11 is 13.9. The Morgan fingerprint density at radius 3 is 2.40 bits per heavy atom. The Bertz CT molecular complexity index is 1070. The largest absolute Gasteiger partial charge is 0.496 e. The molecule has 0 atom stereocenters. The first-order valence-corrected chi connectivity index (χ1v) is 10.6. The number of methoxy groups -OCH3 is 2. The van der Waals surface area contributed by atoms with E-state index < -0.39 is 0 Å². The van der Waals surface area contributed by atoms with E-state index in [4.69, 9.17) is 32.7 Å². The molecule has 7 nitrogen and oxygen atoms in total. The van der Waals surface area contributed by atoms with Gasteiger partial charge in [0.25, 0.3) is 0 Å². The third kappa shape index (κ3) is 4.66. The number of hydrogen-bond donors (Lipinski definition) is 0. The van der Waals surface area contributed by atoms with Gasteiger partial charge in [-0.05, 0) is 36.4 Å². The first-order valence-electron chi connectivity index (χ1n) is 8.82. The maximum Gasteiger partial charge on any atom is 0.232 e. The van der Waals surface area contributed by atoms with E-state index in [9.17, 15) is 4.79 Å². The molecule has 10 heteroatoms. The van der Waals surface area contributed by atoms with Gasteiger partial charge in [0.15, 0.2) is 11.0 Å². The number of benzene rings is 2. The van der Waals surface area contributed by atoms with Crippen LogP contribution >= 0.6 is 35.0 Å². The monoisotopic (exact) mass is 466 g/mol. The fourth-order valence-corrected chi connectivity index (χ4v) is 4.03. The maximum absolute atomic E-state index is 12.1. The van der Waals surface area contributed by atoms with Crippen molar-refractivity contribution in [3.8, 4) is 28.6 Å². The number of carbonyl (C=O) groups is 1. The van der Waals surface area contributed by atoms with Gasteiger partial charge in [-0.2, -0.15) is 0 Å². The lowest BCUT2D eigenvalue weighted by Gasteiger charge is -2.14. The van der Waals surface area contributed by atoms with Crippen molar-refractivity contribution in [1.29, 1.82) is 0 Å². The number of nitrogens with zero attached hydrogens (tertiary/aromatic N) is 4. The van der Waals surface area contributed by atoms with E-state index in [2.05, 4.69) is 10.2 Å². The highest BCUT2D eigenvalue weighted by Crippen LogP contribution is 2.36. The van der Waals surface area contributed by atoms with Crippen LogP contribution in [0.5, 0.6) is 11.5 Å². The Hall–Kier alpha value is -2.42. The first-order chi connectivity index (χ1) is 14.3. The molecule has 0 bridgehead atoms. The minimum absolute atomic E-state index is 0.0378. The highest BCUT2D eigenvalue weighted by Gasteiger charge is 2.21. The predicted octanol–water partition coefficient (Wildman–Crippen LogP) is 4.44. The van der Waals surface area contributed by atoms with Crippen LogP contribution in [0.3, 0.4) is 0 Å². The fraction of sp³-hybridized carbons (Fsp3) is 0.250. The normalized spacial score (nSPS) is 10.7. The lowest BCUT2D eigenvalue weighted by Crippen LogP contribution is -2.23. The molecule has 0 N–H and O–H groups in total. The van der Waals surface area contributed by atoms with Gasteiger partial charge < -0.3 is 14.4 Å². The molecule has 0 aliphatic heterocycles. The van der Waals surface area contributed by atoms with Crippen LogP contribution in [0, 0.1) is 0 Å². The topological polar surface area (TPSA) is 69.5 Å². The highest BCUT2D eigenvalue weighted by molar-refractivity contribution is 7.99. The minimum atomic E-state index is -0.0378. The third-order valence-corrected chi connectivity index (χ3v) is 5.70. The molecule has 0 radical (unpaired) electrons. The van der Waals surface area contributed by atoms with Crippen molar-refractivity contribution in [1.82, 2.24) is 19.7 Å². The Labute approximate surface area is 188 Å². The van der Waals surface area contributed by atoms with E-state index >= 15 is 0 Å². The summed E-state index contributed by atoms with van der Waals surface area (Å²) in [6.07, 6.45) is 0. The van der Waals surface area contributed by atoms with Crippen molar-refractivity contribution in [3.05, 3.63) is 46.4 Å². The van der Waals surface area contributed by atoms with Gasteiger partial charge in [0.2, 0.25) is 5.91 Å². The van der Waals surface area contributed by atoms with Crippen LogP contribution in [0.4, 0.5) is 0 Å². The van der Waals surface area contributed by atoms with Gasteiger partial charge in [0, 0.05) is 19.1 Å².